The molecule has 0 aliphatic heterocycles. The van der Waals surface area contributed by atoms with Gasteiger partial charge in [0.1, 0.15) is 0 Å². The predicted molar refractivity (Wildman–Crippen MR) is 45.2 cm³/mol. The Morgan fingerprint density at radius 3 is 2.55 bits per heavy atom. The van der Waals surface area contributed by atoms with E-state index in [0.717, 1.165) is 48.6 Å². The van der Waals surface area contributed by atoms with Crippen molar-refractivity contribution in [3.63, 3.8) is 0 Å². The SMILES string of the molecule is CCCCC(CC)C(=O)[O][Sn+3]. The Kier molecular flexibility index (Phi) is 7.12. The molecule has 60 valence electrons. The van der Waals surface area contributed by atoms with E-state index < -0.39 is 0 Å². The first-order valence-corrected chi connectivity index (χ1v) is 5.30. The first kappa shape index (κ1) is 11.3. The second kappa shape index (κ2) is 6.95. The van der Waals surface area contributed by atoms with E-state index in [4.69, 9.17) is 3.07 Å². The summed E-state index contributed by atoms with van der Waals surface area (Å²) in [6.45, 7) is 4.17. The summed E-state index contributed by atoms with van der Waals surface area (Å²) in [5.41, 5.74) is 0. The molecule has 0 heterocycles. The van der Waals surface area contributed by atoms with Crippen LogP contribution >= 0.6 is 0 Å². The van der Waals surface area contributed by atoms with Crippen LogP contribution in [-0.4, -0.2) is 28.9 Å². The fourth-order valence-corrected chi connectivity index (χ4v) is 1.50. The van der Waals surface area contributed by atoms with Gasteiger partial charge in [-0.2, -0.15) is 0 Å². The number of unbranched alkanes of at least 4 members (excludes halogenated alkanes) is 1. The van der Waals surface area contributed by atoms with Crippen LogP contribution in [0, 0.1) is 5.92 Å². The molecule has 0 saturated heterocycles. The van der Waals surface area contributed by atoms with Gasteiger partial charge in [0.05, 0.1) is 0 Å². The molecule has 1 atom stereocenters. The van der Waals surface area contributed by atoms with E-state index in [9.17, 15) is 4.79 Å². The Bertz CT molecular complexity index is 115. The quantitative estimate of drug-likeness (QED) is 0.706. The molecule has 0 aromatic heterocycles. The summed E-state index contributed by atoms with van der Waals surface area (Å²) in [6, 6.07) is 0. The molecule has 0 aromatic carbocycles. The summed E-state index contributed by atoms with van der Waals surface area (Å²) in [5, 5.41) is 0. The van der Waals surface area contributed by atoms with Crippen LogP contribution < -0.4 is 0 Å². The second-order valence-corrected chi connectivity index (χ2v) is 3.25. The zero-order chi connectivity index (χ0) is 8.69. The van der Waals surface area contributed by atoms with E-state index in [1.165, 1.54) is 0 Å². The summed E-state index contributed by atoms with van der Waals surface area (Å²) >= 11 is 0.859. The zero-order valence-corrected chi connectivity index (χ0v) is 10.1. The molecule has 0 fully saturated rings. The van der Waals surface area contributed by atoms with Crippen molar-refractivity contribution >= 4 is 28.9 Å². The van der Waals surface area contributed by atoms with Gasteiger partial charge in [-0.3, -0.25) is 0 Å². The van der Waals surface area contributed by atoms with Gasteiger partial charge in [0.2, 0.25) is 0 Å². The monoisotopic (exact) mass is 263 g/mol. The number of carbonyl (C=O) groups excluding carboxylic acids is 1. The van der Waals surface area contributed by atoms with E-state index in [1.54, 1.807) is 0 Å². The first-order valence-electron chi connectivity index (χ1n) is 4.13. The average Bonchev–Trinajstić information content (AvgIpc) is 2.05. The molecular weight excluding hydrogens is 247 g/mol. The van der Waals surface area contributed by atoms with Crippen LogP contribution in [0.3, 0.4) is 0 Å². The molecule has 0 N–H and O–H groups in total. The van der Waals surface area contributed by atoms with Crippen molar-refractivity contribution in [2.24, 2.45) is 5.92 Å². The van der Waals surface area contributed by atoms with Crippen LogP contribution in [0.2, 0.25) is 0 Å². The summed E-state index contributed by atoms with van der Waals surface area (Å²) in [4.78, 5) is 11.0. The molecule has 0 amide bonds. The third-order valence-corrected chi connectivity index (χ3v) is 2.41. The van der Waals surface area contributed by atoms with Crippen molar-refractivity contribution < 1.29 is 7.87 Å². The van der Waals surface area contributed by atoms with Gasteiger partial charge in [0, 0.05) is 0 Å². The summed E-state index contributed by atoms with van der Waals surface area (Å²) in [6.07, 6.45) is 4.18. The number of hydrogen-bond acceptors (Lipinski definition) is 2. The van der Waals surface area contributed by atoms with Crippen LogP contribution in [0.4, 0.5) is 0 Å². The van der Waals surface area contributed by atoms with Crippen LogP contribution in [0.5, 0.6) is 0 Å². The van der Waals surface area contributed by atoms with Crippen molar-refractivity contribution in [3.05, 3.63) is 0 Å². The Labute approximate surface area is 82.3 Å². The summed E-state index contributed by atoms with van der Waals surface area (Å²) in [7, 11) is 0. The molecule has 0 aliphatic rings. The molecule has 0 radical (unpaired) electrons. The van der Waals surface area contributed by atoms with E-state index in [2.05, 4.69) is 6.92 Å². The minimum absolute atomic E-state index is 0.0147. The van der Waals surface area contributed by atoms with Crippen molar-refractivity contribution in [1.82, 2.24) is 0 Å². The van der Waals surface area contributed by atoms with Gasteiger partial charge in [-0.05, 0) is 0 Å². The fourth-order valence-electron chi connectivity index (χ4n) is 1.02. The fraction of sp³-hybridized carbons (Fsp3) is 0.875. The van der Waals surface area contributed by atoms with Crippen LogP contribution in [0.25, 0.3) is 0 Å². The van der Waals surface area contributed by atoms with Crippen molar-refractivity contribution in [2.75, 3.05) is 0 Å². The summed E-state index contributed by atoms with van der Waals surface area (Å²) in [5.74, 6) is 0.133. The zero-order valence-electron chi connectivity index (χ0n) is 7.22. The van der Waals surface area contributed by atoms with Gasteiger partial charge in [0.15, 0.2) is 0 Å². The Morgan fingerprint density at radius 1 is 1.55 bits per heavy atom. The van der Waals surface area contributed by atoms with Gasteiger partial charge < -0.3 is 0 Å². The van der Waals surface area contributed by atoms with Gasteiger partial charge >= 0.3 is 82.2 Å². The van der Waals surface area contributed by atoms with E-state index >= 15 is 0 Å². The van der Waals surface area contributed by atoms with Crippen LogP contribution in [0.1, 0.15) is 39.5 Å². The third kappa shape index (κ3) is 4.66. The molecule has 1 unspecified atom stereocenters. The molecule has 0 rings (SSSR count). The number of hydrogen-bond donors (Lipinski definition) is 0. The Balaban J connectivity index is 3.65. The topological polar surface area (TPSA) is 26.3 Å². The Hall–Kier alpha value is 0.269. The number of rotatable bonds is 5. The van der Waals surface area contributed by atoms with Gasteiger partial charge in [-0.15, -0.1) is 0 Å². The third-order valence-electron chi connectivity index (χ3n) is 1.83. The molecular formula is C8H15O2Sn+3. The minimum atomic E-state index is -0.0147. The molecule has 0 spiro atoms. The average molecular weight is 262 g/mol. The molecule has 2 nitrogen and oxygen atoms in total. The molecule has 11 heavy (non-hydrogen) atoms. The Morgan fingerprint density at radius 2 is 2.18 bits per heavy atom. The standard InChI is InChI=1S/C8H16O2.Sn/c1-3-5-6-7(4-2)8(9)10;/h7H,3-6H2,1-2H3,(H,9,10);/q;+4/p-1. The first-order chi connectivity index (χ1) is 5.26. The molecule has 3 heteroatoms. The molecule has 0 aromatic rings. The molecule has 0 bridgehead atoms. The normalized spacial score (nSPS) is 12.7. The molecule has 0 aliphatic carbocycles. The van der Waals surface area contributed by atoms with Crippen molar-refractivity contribution in [2.45, 2.75) is 39.5 Å². The predicted octanol–water partition coefficient (Wildman–Crippen LogP) is 1.83. The maximum atomic E-state index is 11.0. The van der Waals surface area contributed by atoms with Crippen LogP contribution in [-0.2, 0) is 7.87 Å². The van der Waals surface area contributed by atoms with Gasteiger partial charge in [-0.1, -0.05) is 0 Å². The van der Waals surface area contributed by atoms with E-state index in [-0.39, 0.29) is 11.9 Å². The summed E-state index contributed by atoms with van der Waals surface area (Å²) < 4.78 is 4.75. The molecule has 0 saturated carbocycles. The van der Waals surface area contributed by atoms with E-state index in [0.29, 0.717) is 0 Å². The maximum absolute atomic E-state index is 11.0. The second-order valence-electron chi connectivity index (χ2n) is 2.67. The van der Waals surface area contributed by atoms with Crippen LogP contribution in [0.15, 0.2) is 0 Å². The van der Waals surface area contributed by atoms with Gasteiger partial charge in [0.25, 0.3) is 0 Å². The van der Waals surface area contributed by atoms with Crippen molar-refractivity contribution in [1.29, 1.82) is 0 Å². The van der Waals surface area contributed by atoms with Gasteiger partial charge in [-0.25, -0.2) is 0 Å². The number of carbonyl (C=O) groups is 1. The van der Waals surface area contributed by atoms with Crippen molar-refractivity contribution in [3.8, 4) is 0 Å². The van der Waals surface area contributed by atoms with E-state index in [1.807, 2.05) is 6.92 Å².